The van der Waals surface area contributed by atoms with Crippen LogP contribution in [0.5, 0.6) is 5.75 Å². The second-order valence-corrected chi connectivity index (χ2v) is 6.46. The van der Waals surface area contributed by atoms with E-state index in [2.05, 4.69) is 10.9 Å². The lowest BCUT2D eigenvalue weighted by Gasteiger charge is -2.20. The molecule has 0 aliphatic heterocycles. The lowest BCUT2D eigenvalue weighted by molar-refractivity contribution is -0.768. The third-order valence-electron chi connectivity index (χ3n) is 4.66. The van der Waals surface area contributed by atoms with E-state index in [1.807, 2.05) is 49.0 Å². The molecule has 1 aliphatic carbocycles. The van der Waals surface area contributed by atoms with Crippen molar-refractivity contribution in [3.8, 4) is 5.75 Å². The van der Waals surface area contributed by atoms with E-state index >= 15 is 0 Å². The zero-order valence-corrected chi connectivity index (χ0v) is 14.0. The molecule has 4 heteroatoms. The third-order valence-corrected chi connectivity index (χ3v) is 4.66. The van der Waals surface area contributed by atoms with Crippen LogP contribution in [-0.4, -0.2) is 10.7 Å². The molecular weight excluding hydrogens is 288 g/mol. The molecule has 1 heterocycles. The number of hydrogen-bond donors (Lipinski definition) is 0. The summed E-state index contributed by atoms with van der Waals surface area (Å²) >= 11 is 0. The molecule has 1 aromatic heterocycles. The molecule has 1 fully saturated rings. The highest BCUT2D eigenvalue weighted by Gasteiger charge is 2.24. The fourth-order valence-corrected chi connectivity index (χ4v) is 3.44. The van der Waals surface area contributed by atoms with E-state index in [0.29, 0.717) is 11.8 Å². The minimum Gasteiger partial charge on any atom is -0.421 e. The molecule has 0 radical (unpaired) electrons. The Morgan fingerprint density at radius 1 is 1.17 bits per heavy atom. The summed E-state index contributed by atoms with van der Waals surface area (Å²) < 4.78 is 9.80. The molecule has 1 aromatic carbocycles. The molecule has 122 valence electrons. The van der Waals surface area contributed by atoms with Gasteiger partial charge < -0.3 is 4.74 Å². The summed E-state index contributed by atoms with van der Waals surface area (Å²) in [6.07, 6.45) is 10.3. The number of carbonyl (C=O) groups is 1. The molecule has 0 unspecified atom stereocenters. The van der Waals surface area contributed by atoms with Crippen molar-refractivity contribution in [1.82, 2.24) is 4.68 Å². The fraction of sp³-hybridized carbons (Fsp3) is 0.474. The van der Waals surface area contributed by atoms with E-state index in [1.54, 1.807) is 0 Å². The Morgan fingerprint density at radius 2 is 1.87 bits per heavy atom. The van der Waals surface area contributed by atoms with Gasteiger partial charge in [0.05, 0.1) is 12.2 Å². The van der Waals surface area contributed by atoms with Crippen molar-refractivity contribution in [2.45, 2.75) is 58.5 Å². The smallest absolute Gasteiger partial charge is 0.380 e. The van der Waals surface area contributed by atoms with E-state index in [-0.39, 0.29) is 12.5 Å². The van der Waals surface area contributed by atoms with Crippen LogP contribution in [0.4, 0.5) is 0 Å². The van der Waals surface area contributed by atoms with Gasteiger partial charge in [-0.15, -0.1) is 4.68 Å². The number of hydrogen-bond acceptors (Lipinski definition) is 2. The van der Waals surface area contributed by atoms with Crippen LogP contribution in [0.1, 0.15) is 49.3 Å². The fourth-order valence-electron chi connectivity index (χ4n) is 3.44. The van der Waals surface area contributed by atoms with Crippen LogP contribution in [0.25, 0.3) is 0 Å². The van der Waals surface area contributed by atoms with Crippen LogP contribution in [0.15, 0.2) is 36.7 Å². The van der Waals surface area contributed by atoms with Crippen LogP contribution >= 0.6 is 0 Å². The van der Waals surface area contributed by atoms with Gasteiger partial charge in [0.2, 0.25) is 0 Å². The normalized spacial score (nSPS) is 15.6. The Kier molecular flexibility index (Phi) is 4.79. The third kappa shape index (κ3) is 3.63. The molecule has 2 aromatic rings. The summed E-state index contributed by atoms with van der Waals surface area (Å²) in [6, 6.07) is 8.42. The van der Waals surface area contributed by atoms with Gasteiger partial charge in [0.25, 0.3) is 6.54 Å². The molecule has 0 saturated heterocycles. The number of para-hydroxylation sites is 1. The van der Waals surface area contributed by atoms with Crippen LogP contribution in [-0.2, 0) is 11.3 Å². The van der Waals surface area contributed by atoms with Gasteiger partial charge in [0.1, 0.15) is 5.75 Å². The van der Waals surface area contributed by atoms with Crippen LogP contribution in [0, 0.1) is 13.8 Å². The minimum atomic E-state index is -0.219. The molecule has 0 spiro atoms. The number of ether oxygens (including phenoxy) is 1. The number of benzene rings is 1. The zero-order chi connectivity index (χ0) is 16.2. The van der Waals surface area contributed by atoms with E-state index < -0.39 is 0 Å². The SMILES string of the molecule is Cc1cccc(C)c1OC(=O)C[n+]1cccn1C1CCCCC1. The summed E-state index contributed by atoms with van der Waals surface area (Å²) in [5.41, 5.74) is 1.98. The molecule has 0 N–H and O–H groups in total. The molecular formula is C19H25N2O2+. The first-order chi connectivity index (χ1) is 11.1. The van der Waals surface area contributed by atoms with E-state index in [1.165, 1.54) is 32.1 Å². The van der Waals surface area contributed by atoms with Gasteiger partial charge in [-0.3, -0.25) is 0 Å². The van der Waals surface area contributed by atoms with Crippen molar-refractivity contribution >= 4 is 5.97 Å². The summed E-state index contributed by atoms with van der Waals surface area (Å²) in [6.45, 7) is 4.18. The number of rotatable bonds is 4. The van der Waals surface area contributed by atoms with Gasteiger partial charge in [-0.1, -0.05) is 37.5 Å². The predicted molar refractivity (Wildman–Crippen MR) is 88.3 cm³/mol. The van der Waals surface area contributed by atoms with E-state index in [0.717, 1.165) is 11.1 Å². The molecule has 0 bridgehead atoms. The number of carbonyl (C=O) groups excluding carboxylic acids is 1. The molecule has 0 amide bonds. The topological polar surface area (TPSA) is 35.1 Å². The Balaban J connectivity index is 1.70. The monoisotopic (exact) mass is 313 g/mol. The molecule has 23 heavy (non-hydrogen) atoms. The Morgan fingerprint density at radius 3 is 2.57 bits per heavy atom. The average molecular weight is 313 g/mol. The largest absolute Gasteiger partial charge is 0.421 e. The maximum absolute atomic E-state index is 12.4. The van der Waals surface area contributed by atoms with Gasteiger partial charge >= 0.3 is 5.97 Å². The van der Waals surface area contributed by atoms with Crippen molar-refractivity contribution < 1.29 is 14.2 Å². The average Bonchev–Trinajstić information content (AvgIpc) is 3.00. The second kappa shape index (κ2) is 6.99. The zero-order valence-electron chi connectivity index (χ0n) is 14.0. The number of esters is 1. The number of aromatic nitrogens is 2. The highest BCUT2D eigenvalue weighted by Crippen LogP contribution is 2.27. The first-order valence-electron chi connectivity index (χ1n) is 8.48. The van der Waals surface area contributed by atoms with Gasteiger partial charge in [-0.05, 0) is 37.8 Å². The number of nitrogens with zero attached hydrogens (tertiary/aromatic N) is 2. The van der Waals surface area contributed by atoms with Crippen LogP contribution in [0.3, 0.4) is 0 Å². The van der Waals surface area contributed by atoms with Crippen molar-refractivity contribution in [2.24, 2.45) is 0 Å². The summed E-state index contributed by atoms with van der Waals surface area (Å²) in [5.74, 6) is 0.469. The number of aryl methyl sites for hydroxylation is 2. The molecule has 3 rings (SSSR count). The van der Waals surface area contributed by atoms with Crippen molar-refractivity contribution in [3.05, 3.63) is 47.8 Å². The second-order valence-electron chi connectivity index (χ2n) is 6.46. The van der Waals surface area contributed by atoms with Crippen LogP contribution in [0.2, 0.25) is 0 Å². The van der Waals surface area contributed by atoms with Crippen molar-refractivity contribution in [1.29, 1.82) is 0 Å². The first-order valence-corrected chi connectivity index (χ1v) is 8.48. The van der Waals surface area contributed by atoms with Crippen molar-refractivity contribution in [3.63, 3.8) is 0 Å². The summed E-state index contributed by atoms with van der Waals surface area (Å²) in [5, 5.41) is 0. The van der Waals surface area contributed by atoms with Crippen molar-refractivity contribution in [2.75, 3.05) is 0 Å². The lowest BCUT2D eigenvalue weighted by atomic mass is 9.96. The van der Waals surface area contributed by atoms with Crippen LogP contribution < -0.4 is 9.42 Å². The Bertz CT molecular complexity index is 664. The van der Waals surface area contributed by atoms with Gasteiger partial charge in [0, 0.05) is 6.07 Å². The minimum absolute atomic E-state index is 0.219. The standard InChI is InChI=1S/C19H25N2O2/c1-15-8-6-9-16(2)19(15)23-18(22)14-20-12-7-13-21(20)17-10-4-3-5-11-17/h6-9,12-13,17H,3-5,10-11,14H2,1-2H3/q+1. The summed E-state index contributed by atoms with van der Waals surface area (Å²) in [7, 11) is 0. The van der Waals surface area contributed by atoms with Gasteiger partial charge in [-0.25, -0.2) is 4.79 Å². The van der Waals surface area contributed by atoms with E-state index in [4.69, 9.17) is 4.74 Å². The van der Waals surface area contributed by atoms with E-state index in [9.17, 15) is 4.79 Å². The Labute approximate surface area is 137 Å². The highest BCUT2D eigenvalue weighted by molar-refractivity contribution is 5.71. The lowest BCUT2D eigenvalue weighted by Crippen LogP contribution is -2.48. The maximum atomic E-state index is 12.4. The molecule has 4 nitrogen and oxygen atoms in total. The molecule has 0 atom stereocenters. The maximum Gasteiger partial charge on any atom is 0.380 e. The summed E-state index contributed by atoms with van der Waals surface area (Å²) in [4.78, 5) is 12.4. The highest BCUT2D eigenvalue weighted by atomic mass is 16.5. The predicted octanol–water partition coefficient (Wildman–Crippen LogP) is 3.50. The Hall–Kier alpha value is -2.10. The molecule has 1 aliphatic rings. The first kappa shape index (κ1) is 15.8. The van der Waals surface area contributed by atoms with Gasteiger partial charge in [-0.2, -0.15) is 4.68 Å². The van der Waals surface area contributed by atoms with Gasteiger partial charge in [0.15, 0.2) is 6.20 Å². The molecule has 1 saturated carbocycles. The quantitative estimate of drug-likeness (QED) is 0.492.